The van der Waals surface area contributed by atoms with Gasteiger partial charge in [-0.3, -0.25) is 14.4 Å². The van der Waals surface area contributed by atoms with Crippen LogP contribution < -0.4 is 10.6 Å². The standard InChI is InChI=1S/C29H45N3O6/c1-7-10-11-12-13-19-32(24(33)21-31-28(36)38-29(4,5)6)26(23-16-14-15-22(8-2)20-23)27(35)30-18-17-25(34)37-9-3/h8,14-16,20,26H,2,7,9-13,17-19,21H2,1,3-6H3,(H,30,35)(H,31,36). The van der Waals surface area contributed by atoms with Gasteiger partial charge in [0.05, 0.1) is 13.0 Å². The Balaban J connectivity index is 3.20. The maximum absolute atomic E-state index is 13.5. The fourth-order valence-corrected chi connectivity index (χ4v) is 3.79. The molecular formula is C29H45N3O6. The average Bonchev–Trinajstić information content (AvgIpc) is 2.85. The predicted octanol–water partition coefficient (Wildman–Crippen LogP) is 4.76. The molecular weight excluding hydrogens is 486 g/mol. The largest absolute Gasteiger partial charge is 0.466 e. The van der Waals surface area contributed by atoms with Crippen LogP contribution in [0.5, 0.6) is 0 Å². The SMILES string of the molecule is C=Cc1cccc(C(C(=O)NCCC(=O)OCC)N(CCCCCCC)C(=O)CNC(=O)OC(C)(C)C)c1. The number of hydrogen-bond acceptors (Lipinski definition) is 6. The summed E-state index contributed by atoms with van der Waals surface area (Å²) in [5.41, 5.74) is 0.697. The quantitative estimate of drug-likeness (QED) is 0.235. The number of rotatable bonds is 16. The number of amides is 3. The van der Waals surface area contributed by atoms with Crippen LogP contribution in [-0.4, -0.2) is 60.6 Å². The third kappa shape index (κ3) is 12.7. The number of benzene rings is 1. The molecule has 0 saturated heterocycles. The zero-order valence-electron chi connectivity index (χ0n) is 23.6. The molecule has 0 fully saturated rings. The van der Waals surface area contributed by atoms with E-state index in [4.69, 9.17) is 9.47 Å². The highest BCUT2D eigenvalue weighted by atomic mass is 16.6. The lowest BCUT2D eigenvalue weighted by atomic mass is 10.0. The van der Waals surface area contributed by atoms with Crippen molar-refractivity contribution in [2.75, 3.05) is 26.2 Å². The van der Waals surface area contributed by atoms with Crippen LogP contribution in [0.4, 0.5) is 4.79 Å². The maximum Gasteiger partial charge on any atom is 0.408 e. The second-order valence-electron chi connectivity index (χ2n) is 9.98. The Morgan fingerprint density at radius 3 is 2.39 bits per heavy atom. The summed E-state index contributed by atoms with van der Waals surface area (Å²) in [5.74, 6) is -1.25. The van der Waals surface area contributed by atoms with E-state index in [2.05, 4.69) is 24.1 Å². The smallest absolute Gasteiger partial charge is 0.408 e. The summed E-state index contributed by atoms with van der Waals surface area (Å²) in [6.07, 6.45) is 5.78. The molecule has 0 aliphatic carbocycles. The Morgan fingerprint density at radius 1 is 1.05 bits per heavy atom. The van der Waals surface area contributed by atoms with E-state index < -0.39 is 35.5 Å². The number of nitrogens with one attached hydrogen (secondary N) is 2. The van der Waals surface area contributed by atoms with E-state index >= 15 is 0 Å². The number of ether oxygens (including phenoxy) is 2. The summed E-state index contributed by atoms with van der Waals surface area (Å²) >= 11 is 0. The zero-order chi connectivity index (χ0) is 28.6. The van der Waals surface area contributed by atoms with Gasteiger partial charge in [0.25, 0.3) is 0 Å². The first-order valence-corrected chi connectivity index (χ1v) is 13.4. The molecule has 38 heavy (non-hydrogen) atoms. The van der Waals surface area contributed by atoms with Crippen molar-refractivity contribution in [1.29, 1.82) is 0 Å². The molecule has 2 N–H and O–H groups in total. The van der Waals surface area contributed by atoms with Gasteiger partial charge in [-0.1, -0.05) is 63.5 Å². The number of carbonyl (C=O) groups excluding carboxylic acids is 4. The molecule has 0 saturated carbocycles. The molecule has 1 aromatic rings. The highest BCUT2D eigenvalue weighted by Crippen LogP contribution is 2.24. The van der Waals surface area contributed by atoms with E-state index in [9.17, 15) is 19.2 Å². The van der Waals surface area contributed by atoms with Crippen LogP contribution in [0.2, 0.25) is 0 Å². The minimum atomic E-state index is -0.962. The first-order chi connectivity index (χ1) is 18.0. The summed E-state index contributed by atoms with van der Waals surface area (Å²) in [4.78, 5) is 52.4. The summed E-state index contributed by atoms with van der Waals surface area (Å²) in [5, 5.41) is 5.29. The van der Waals surface area contributed by atoms with Crippen LogP contribution in [0.1, 0.15) is 90.3 Å². The van der Waals surface area contributed by atoms with E-state index in [0.29, 0.717) is 18.5 Å². The first-order valence-electron chi connectivity index (χ1n) is 13.4. The van der Waals surface area contributed by atoms with Gasteiger partial charge < -0.3 is 25.0 Å². The van der Waals surface area contributed by atoms with E-state index in [-0.39, 0.29) is 26.1 Å². The fourth-order valence-electron chi connectivity index (χ4n) is 3.79. The molecule has 9 nitrogen and oxygen atoms in total. The molecule has 9 heteroatoms. The number of carbonyl (C=O) groups is 4. The van der Waals surface area contributed by atoms with Crippen LogP contribution in [0, 0.1) is 0 Å². The van der Waals surface area contributed by atoms with E-state index in [1.165, 1.54) is 4.90 Å². The first kappa shape index (κ1) is 32.7. The highest BCUT2D eigenvalue weighted by molar-refractivity contribution is 5.90. The topological polar surface area (TPSA) is 114 Å². The van der Waals surface area contributed by atoms with E-state index in [0.717, 1.165) is 31.2 Å². The van der Waals surface area contributed by atoms with Crippen molar-refractivity contribution in [2.45, 2.75) is 84.8 Å². The fraction of sp³-hybridized carbons (Fsp3) is 0.586. The lowest BCUT2D eigenvalue weighted by molar-refractivity contribution is -0.143. The molecule has 1 atom stereocenters. The Hall–Kier alpha value is -3.36. The Bertz CT molecular complexity index is 925. The number of esters is 1. The molecule has 212 valence electrons. The van der Waals surface area contributed by atoms with Crippen molar-refractivity contribution in [3.05, 3.63) is 42.0 Å². The van der Waals surface area contributed by atoms with Crippen molar-refractivity contribution < 1.29 is 28.7 Å². The molecule has 1 unspecified atom stereocenters. The molecule has 0 bridgehead atoms. The van der Waals surface area contributed by atoms with Gasteiger partial charge >= 0.3 is 12.1 Å². The van der Waals surface area contributed by atoms with Gasteiger partial charge in [0, 0.05) is 13.1 Å². The monoisotopic (exact) mass is 531 g/mol. The maximum atomic E-state index is 13.5. The molecule has 0 heterocycles. The van der Waals surface area contributed by atoms with Crippen LogP contribution >= 0.6 is 0 Å². The molecule has 0 aliphatic rings. The van der Waals surface area contributed by atoms with Gasteiger partial charge in [0.1, 0.15) is 18.2 Å². The summed E-state index contributed by atoms with van der Waals surface area (Å²) in [6.45, 7) is 13.2. The van der Waals surface area contributed by atoms with Crippen molar-refractivity contribution in [1.82, 2.24) is 15.5 Å². The lowest BCUT2D eigenvalue weighted by Gasteiger charge is -2.32. The molecule has 1 rings (SSSR count). The van der Waals surface area contributed by atoms with Crippen LogP contribution in [-0.2, 0) is 23.9 Å². The molecule has 0 radical (unpaired) electrons. The number of unbranched alkanes of at least 4 members (excludes halogenated alkanes) is 4. The Labute approximate surface area is 227 Å². The van der Waals surface area contributed by atoms with Crippen molar-refractivity contribution in [3.63, 3.8) is 0 Å². The van der Waals surface area contributed by atoms with Gasteiger partial charge in [-0.2, -0.15) is 0 Å². The van der Waals surface area contributed by atoms with E-state index in [1.807, 2.05) is 6.07 Å². The minimum absolute atomic E-state index is 0.0180. The van der Waals surface area contributed by atoms with Crippen LogP contribution in [0.15, 0.2) is 30.8 Å². The number of hydrogen-bond donors (Lipinski definition) is 2. The third-order valence-corrected chi connectivity index (χ3v) is 5.56. The van der Waals surface area contributed by atoms with Crippen molar-refractivity contribution in [2.24, 2.45) is 0 Å². The normalized spacial score (nSPS) is 11.7. The van der Waals surface area contributed by atoms with Crippen LogP contribution in [0.25, 0.3) is 6.08 Å². The summed E-state index contributed by atoms with van der Waals surface area (Å²) in [6, 6.07) is 6.28. The Morgan fingerprint density at radius 2 is 1.76 bits per heavy atom. The predicted molar refractivity (Wildman–Crippen MR) is 148 cm³/mol. The lowest BCUT2D eigenvalue weighted by Crippen LogP contribution is -2.48. The van der Waals surface area contributed by atoms with Crippen molar-refractivity contribution in [3.8, 4) is 0 Å². The Kier molecular flexibility index (Phi) is 14.8. The molecule has 3 amide bonds. The second-order valence-corrected chi connectivity index (χ2v) is 9.98. The van der Waals surface area contributed by atoms with Crippen molar-refractivity contribution >= 4 is 30.0 Å². The number of alkyl carbamates (subject to hydrolysis) is 1. The van der Waals surface area contributed by atoms with Gasteiger partial charge in [0.2, 0.25) is 11.8 Å². The van der Waals surface area contributed by atoms with Gasteiger partial charge in [-0.05, 0) is 51.3 Å². The molecule has 1 aromatic carbocycles. The molecule has 0 spiro atoms. The van der Waals surface area contributed by atoms with E-state index in [1.54, 1.807) is 52.0 Å². The summed E-state index contributed by atoms with van der Waals surface area (Å²) in [7, 11) is 0. The van der Waals surface area contributed by atoms with Crippen LogP contribution in [0.3, 0.4) is 0 Å². The summed E-state index contributed by atoms with van der Waals surface area (Å²) < 4.78 is 10.2. The van der Waals surface area contributed by atoms with Gasteiger partial charge in [-0.25, -0.2) is 4.79 Å². The molecule has 0 aliphatic heterocycles. The zero-order valence-corrected chi connectivity index (χ0v) is 23.6. The third-order valence-electron chi connectivity index (χ3n) is 5.56. The number of nitrogens with zero attached hydrogens (tertiary/aromatic N) is 1. The molecule has 0 aromatic heterocycles. The average molecular weight is 532 g/mol. The highest BCUT2D eigenvalue weighted by Gasteiger charge is 2.31. The van der Waals surface area contributed by atoms with Gasteiger partial charge in [0.15, 0.2) is 0 Å². The second kappa shape index (κ2) is 17.2. The van der Waals surface area contributed by atoms with Gasteiger partial charge in [-0.15, -0.1) is 0 Å². The minimum Gasteiger partial charge on any atom is -0.466 e.